The van der Waals surface area contributed by atoms with Crippen molar-refractivity contribution in [3.05, 3.63) is 28.6 Å². The molecular weight excluding hydrogens is 222 g/mol. The molecule has 0 bridgehead atoms. The molecule has 0 aliphatic rings. The van der Waals surface area contributed by atoms with Gasteiger partial charge in [0.05, 0.1) is 0 Å². The zero-order chi connectivity index (χ0) is 8.55. The van der Waals surface area contributed by atoms with Gasteiger partial charge in [-0.05, 0) is 28.1 Å². The Morgan fingerprint density at radius 3 is 3.00 bits per heavy atom. The topological polar surface area (TPSA) is 50.4 Å². The largest absolute Gasteiger partial charge is 0.388 e. The number of nitrogens with zero attached hydrogens (tertiary/aromatic N) is 3. The third-order valence-electron chi connectivity index (χ3n) is 1.50. The summed E-state index contributed by atoms with van der Waals surface area (Å²) < 4.78 is 2.46. The second kappa shape index (κ2) is 2.84. The molecule has 0 atom stereocenters. The number of pyridine rings is 1. The Morgan fingerprint density at radius 1 is 1.50 bits per heavy atom. The fraction of sp³-hybridized carbons (Fsp3) is 0.143. The van der Waals surface area contributed by atoms with Crippen LogP contribution in [0.1, 0.15) is 5.82 Å². The first-order valence-corrected chi connectivity index (χ1v) is 4.21. The SMILES string of the molecule is OCc1nc2cccc(Br)n2n1. The highest BCUT2D eigenvalue weighted by molar-refractivity contribution is 9.10. The van der Waals surface area contributed by atoms with Crippen LogP contribution in [0.5, 0.6) is 0 Å². The smallest absolute Gasteiger partial charge is 0.177 e. The fourth-order valence-electron chi connectivity index (χ4n) is 0.985. The van der Waals surface area contributed by atoms with Crippen molar-refractivity contribution in [2.75, 3.05) is 0 Å². The molecule has 2 aromatic heterocycles. The van der Waals surface area contributed by atoms with Crippen molar-refractivity contribution in [1.29, 1.82) is 0 Å². The first kappa shape index (κ1) is 7.70. The van der Waals surface area contributed by atoms with Crippen LogP contribution in [0.25, 0.3) is 5.65 Å². The molecule has 0 spiro atoms. The summed E-state index contributed by atoms with van der Waals surface area (Å²) in [5, 5.41) is 12.8. The summed E-state index contributed by atoms with van der Waals surface area (Å²) in [7, 11) is 0. The van der Waals surface area contributed by atoms with Crippen LogP contribution in [0, 0.1) is 0 Å². The minimum atomic E-state index is -0.131. The van der Waals surface area contributed by atoms with Crippen LogP contribution in [0.2, 0.25) is 0 Å². The molecule has 0 aromatic carbocycles. The van der Waals surface area contributed by atoms with E-state index in [4.69, 9.17) is 5.11 Å². The summed E-state index contributed by atoms with van der Waals surface area (Å²) >= 11 is 3.32. The Morgan fingerprint density at radius 2 is 2.33 bits per heavy atom. The van der Waals surface area contributed by atoms with E-state index in [2.05, 4.69) is 26.0 Å². The Balaban J connectivity index is 2.74. The van der Waals surface area contributed by atoms with E-state index in [0.29, 0.717) is 5.82 Å². The van der Waals surface area contributed by atoms with Gasteiger partial charge >= 0.3 is 0 Å². The van der Waals surface area contributed by atoms with Crippen molar-refractivity contribution in [2.45, 2.75) is 6.61 Å². The van der Waals surface area contributed by atoms with Crippen molar-refractivity contribution < 1.29 is 5.11 Å². The molecule has 0 unspecified atom stereocenters. The van der Waals surface area contributed by atoms with Crippen LogP contribution in [0.15, 0.2) is 22.8 Å². The van der Waals surface area contributed by atoms with E-state index in [0.717, 1.165) is 10.3 Å². The van der Waals surface area contributed by atoms with Crippen LogP contribution in [0.4, 0.5) is 0 Å². The molecule has 0 aliphatic heterocycles. The Labute approximate surface area is 77.0 Å². The van der Waals surface area contributed by atoms with Gasteiger partial charge in [0.25, 0.3) is 0 Å². The molecule has 2 rings (SSSR count). The monoisotopic (exact) mass is 227 g/mol. The third kappa shape index (κ3) is 1.11. The molecule has 0 fully saturated rings. The highest BCUT2D eigenvalue weighted by atomic mass is 79.9. The first-order chi connectivity index (χ1) is 5.81. The summed E-state index contributed by atoms with van der Waals surface area (Å²) in [6.45, 7) is -0.131. The summed E-state index contributed by atoms with van der Waals surface area (Å²) in [4.78, 5) is 4.06. The van der Waals surface area contributed by atoms with E-state index in [1.54, 1.807) is 4.52 Å². The average molecular weight is 228 g/mol. The lowest BCUT2D eigenvalue weighted by Crippen LogP contribution is -1.90. The summed E-state index contributed by atoms with van der Waals surface area (Å²) in [6, 6.07) is 5.56. The Bertz CT molecular complexity index is 412. The number of halogens is 1. The molecule has 12 heavy (non-hydrogen) atoms. The van der Waals surface area contributed by atoms with Gasteiger partial charge in [-0.3, -0.25) is 0 Å². The van der Waals surface area contributed by atoms with Crippen LogP contribution in [0.3, 0.4) is 0 Å². The van der Waals surface area contributed by atoms with Crippen LogP contribution in [-0.4, -0.2) is 19.7 Å². The molecule has 62 valence electrons. The third-order valence-corrected chi connectivity index (χ3v) is 2.10. The van der Waals surface area contributed by atoms with E-state index in [1.807, 2.05) is 18.2 Å². The first-order valence-electron chi connectivity index (χ1n) is 3.42. The Kier molecular flexibility index (Phi) is 1.82. The van der Waals surface area contributed by atoms with Crippen molar-refractivity contribution in [2.24, 2.45) is 0 Å². The molecule has 2 aromatic rings. The molecule has 0 aliphatic carbocycles. The second-order valence-corrected chi connectivity index (χ2v) is 3.12. The maximum atomic E-state index is 8.78. The van der Waals surface area contributed by atoms with Crippen LogP contribution in [-0.2, 0) is 6.61 Å². The van der Waals surface area contributed by atoms with Gasteiger partial charge in [-0.15, -0.1) is 5.10 Å². The van der Waals surface area contributed by atoms with Crippen molar-refractivity contribution in [3.63, 3.8) is 0 Å². The van der Waals surface area contributed by atoms with E-state index in [-0.39, 0.29) is 6.61 Å². The summed E-state index contributed by atoms with van der Waals surface area (Å²) in [6.07, 6.45) is 0. The molecule has 0 saturated heterocycles. The molecule has 1 N–H and O–H groups in total. The van der Waals surface area contributed by atoms with Gasteiger partial charge in [0.2, 0.25) is 0 Å². The molecule has 4 nitrogen and oxygen atoms in total. The average Bonchev–Trinajstić information content (AvgIpc) is 2.49. The van der Waals surface area contributed by atoms with E-state index < -0.39 is 0 Å². The lowest BCUT2D eigenvalue weighted by molar-refractivity contribution is 0.271. The summed E-state index contributed by atoms with van der Waals surface area (Å²) in [5.41, 5.74) is 0.730. The standard InChI is InChI=1S/C7H6BrN3O/c8-5-2-1-3-7-9-6(4-12)10-11(5)7/h1-3,12H,4H2. The number of aromatic nitrogens is 3. The lowest BCUT2D eigenvalue weighted by Gasteiger charge is -1.91. The Hall–Kier alpha value is -0.940. The maximum absolute atomic E-state index is 8.78. The number of aliphatic hydroxyl groups is 1. The molecule has 0 amide bonds. The molecule has 5 heteroatoms. The number of fused-ring (bicyclic) bond motifs is 1. The van der Waals surface area contributed by atoms with Gasteiger partial charge in [-0.2, -0.15) is 0 Å². The zero-order valence-corrected chi connectivity index (χ0v) is 7.69. The van der Waals surface area contributed by atoms with E-state index in [1.165, 1.54) is 0 Å². The van der Waals surface area contributed by atoms with Crippen LogP contribution >= 0.6 is 15.9 Å². The molecule has 0 radical (unpaired) electrons. The van der Waals surface area contributed by atoms with Gasteiger partial charge in [0.15, 0.2) is 11.5 Å². The molecule has 0 saturated carbocycles. The van der Waals surface area contributed by atoms with Gasteiger partial charge in [-0.25, -0.2) is 9.50 Å². The normalized spacial score (nSPS) is 10.8. The number of aliphatic hydroxyl groups excluding tert-OH is 1. The second-order valence-electron chi connectivity index (χ2n) is 2.30. The van der Waals surface area contributed by atoms with Gasteiger partial charge in [0, 0.05) is 0 Å². The lowest BCUT2D eigenvalue weighted by atomic mass is 10.5. The maximum Gasteiger partial charge on any atom is 0.177 e. The van der Waals surface area contributed by atoms with Crippen molar-refractivity contribution in [3.8, 4) is 0 Å². The highest BCUT2D eigenvalue weighted by Gasteiger charge is 2.02. The van der Waals surface area contributed by atoms with Crippen molar-refractivity contribution in [1.82, 2.24) is 14.6 Å². The highest BCUT2D eigenvalue weighted by Crippen LogP contribution is 2.11. The van der Waals surface area contributed by atoms with Gasteiger partial charge < -0.3 is 5.11 Å². The van der Waals surface area contributed by atoms with Gasteiger partial charge in [0.1, 0.15) is 11.2 Å². The van der Waals surface area contributed by atoms with Crippen molar-refractivity contribution >= 4 is 21.6 Å². The quantitative estimate of drug-likeness (QED) is 0.740. The predicted molar refractivity (Wildman–Crippen MR) is 46.6 cm³/mol. The minimum absolute atomic E-state index is 0.131. The van der Waals surface area contributed by atoms with Crippen LogP contribution < -0.4 is 0 Å². The zero-order valence-electron chi connectivity index (χ0n) is 6.11. The van der Waals surface area contributed by atoms with Gasteiger partial charge in [-0.1, -0.05) is 6.07 Å². The summed E-state index contributed by atoms with van der Waals surface area (Å²) in [5.74, 6) is 0.432. The van der Waals surface area contributed by atoms with E-state index in [9.17, 15) is 0 Å². The number of rotatable bonds is 1. The number of hydrogen-bond donors (Lipinski definition) is 1. The minimum Gasteiger partial charge on any atom is -0.388 e. The predicted octanol–water partition coefficient (Wildman–Crippen LogP) is 0.984. The number of hydrogen-bond acceptors (Lipinski definition) is 3. The fourth-order valence-corrected chi connectivity index (χ4v) is 1.40. The molecule has 2 heterocycles. The molecular formula is C7H6BrN3O. The van der Waals surface area contributed by atoms with E-state index >= 15 is 0 Å².